The Morgan fingerprint density at radius 1 is 1.10 bits per heavy atom. The van der Waals surface area contributed by atoms with Crippen molar-refractivity contribution < 1.29 is 14.4 Å². The highest BCUT2D eigenvalue weighted by Crippen LogP contribution is 2.32. The van der Waals surface area contributed by atoms with E-state index < -0.39 is 0 Å². The van der Waals surface area contributed by atoms with Crippen LogP contribution in [0.2, 0.25) is 0 Å². The average molecular weight is 413 g/mol. The number of hydrogen-bond acceptors (Lipinski definition) is 4. The summed E-state index contributed by atoms with van der Waals surface area (Å²) in [6, 6.07) is 11.5. The van der Waals surface area contributed by atoms with Crippen molar-refractivity contribution in [2.75, 3.05) is 38.2 Å². The molecule has 0 aliphatic rings. The fourth-order valence-electron chi connectivity index (χ4n) is 3.38. The Labute approximate surface area is 176 Å². The lowest BCUT2D eigenvalue weighted by Crippen LogP contribution is -3.12. The van der Waals surface area contributed by atoms with Crippen molar-refractivity contribution in [3.8, 4) is 5.75 Å². The molecule has 6 heteroatoms. The Morgan fingerprint density at radius 3 is 2.41 bits per heavy atom. The molecule has 154 valence electrons. The molecule has 1 aromatic heterocycles. The molecular weight excluding hydrogens is 382 g/mol. The van der Waals surface area contributed by atoms with Gasteiger partial charge in [-0.3, -0.25) is 9.69 Å². The number of likely N-dealkylation sites (N-methyl/N-ethyl adjacent to an activating group) is 1. The Balaban J connectivity index is 1.97. The maximum atomic E-state index is 13.4. The fourth-order valence-corrected chi connectivity index (χ4v) is 4.43. The van der Waals surface area contributed by atoms with E-state index in [2.05, 4.69) is 39.8 Å². The maximum Gasteiger partial charge on any atom is 0.260 e. The number of fused-ring (bicyclic) bond motifs is 1. The van der Waals surface area contributed by atoms with Crippen molar-refractivity contribution in [2.24, 2.45) is 0 Å². The van der Waals surface area contributed by atoms with E-state index in [4.69, 9.17) is 9.72 Å². The van der Waals surface area contributed by atoms with Crippen LogP contribution < -0.4 is 14.5 Å². The summed E-state index contributed by atoms with van der Waals surface area (Å²) in [5, 5.41) is 0.765. The van der Waals surface area contributed by atoms with E-state index in [1.165, 1.54) is 16.0 Å². The molecule has 0 aliphatic heterocycles. The number of nitrogens with zero attached hydrogens (tertiary/aromatic N) is 2. The number of benzene rings is 2. The average Bonchev–Trinajstić information content (AvgIpc) is 3.18. The summed E-state index contributed by atoms with van der Waals surface area (Å²) in [4.78, 5) is 21.6. The van der Waals surface area contributed by atoms with Gasteiger partial charge in [-0.15, -0.1) is 0 Å². The Bertz CT molecular complexity index is 978. The van der Waals surface area contributed by atoms with Gasteiger partial charge in [-0.25, -0.2) is 4.98 Å². The highest BCUT2D eigenvalue weighted by molar-refractivity contribution is 7.22. The quantitative estimate of drug-likeness (QED) is 0.616. The van der Waals surface area contributed by atoms with Crippen molar-refractivity contribution >= 4 is 32.6 Å². The number of aromatic nitrogens is 1. The number of ether oxygens (including phenoxy) is 1. The SMILES string of the molecule is CC[NH+](CC)CCN(C(=O)c1ccc(OC)cc1)c1nc2c(C)c(C)ccc2s1. The second-order valence-electron chi connectivity index (χ2n) is 7.24. The molecule has 0 unspecified atom stereocenters. The molecule has 1 amide bonds. The number of anilines is 1. The van der Waals surface area contributed by atoms with E-state index in [9.17, 15) is 4.79 Å². The van der Waals surface area contributed by atoms with Crippen LogP contribution in [-0.2, 0) is 0 Å². The first-order chi connectivity index (χ1) is 14.0. The van der Waals surface area contributed by atoms with Gasteiger partial charge in [0.1, 0.15) is 5.75 Å². The molecule has 5 nitrogen and oxygen atoms in total. The highest BCUT2D eigenvalue weighted by atomic mass is 32.1. The molecule has 2 aromatic carbocycles. The lowest BCUT2D eigenvalue weighted by atomic mass is 10.1. The van der Waals surface area contributed by atoms with Gasteiger partial charge in [0.2, 0.25) is 0 Å². The molecule has 3 aromatic rings. The molecular formula is C23H30N3O2S+. The number of quaternary nitrogens is 1. The van der Waals surface area contributed by atoms with Crippen molar-refractivity contribution in [3.63, 3.8) is 0 Å². The minimum Gasteiger partial charge on any atom is -0.497 e. The molecule has 0 spiro atoms. The van der Waals surface area contributed by atoms with Crippen LogP contribution in [0, 0.1) is 13.8 Å². The third-order valence-corrected chi connectivity index (χ3v) is 6.62. The maximum absolute atomic E-state index is 13.4. The van der Waals surface area contributed by atoms with Gasteiger partial charge in [0.15, 0.2) is 5.13 Å². The van der Waals surface area contributed by atoms with Gasteiger partial charge in [-0.2, -0.15) is 0 Å². The van der Waals surface area contributed by atoms with Crippen LogP contribution in [0.3, 0.4) is 0 Å². The van der Waals surface area contributed by atoms with Gasteiger partial charge >= 0.3 is 0 Å². The van der Waals surface area contributed by atoms with Crippen molar-refractivity contribution in [1.82, 2.24) is 4.98 Å². The van der Waals surface area contributed by atoms with Crippen LogP contribution in [0.15, 0.2) is 36.4 Å². The smallest absolute Gasteiger partial charge is 0.260 e. The Hall–Kier alpha value is -2.44. The number of aryl methyl sites for hydroxylation is 2. The molecule has 0 bridgehead atoms. The number of nitrogens with one attached hydrogen (secondary N) is 1. The van der Waals surface area contributed by atoms with Crippen LogP contribution in [-0.4, -0.2) is 44.2 Å². The normalized spacial score (nSPS) is 11.2. The molecule has 0 atom stereocenters. The molecule has 0 saturated heterocycles. The summed E-state index contributed by atoms with van der Waals surface area (Å²) in [5.41, 5.74) is 4.03. The number of rotatable bonds is 8. The first kappa shape index (κ1) is 21.3. The molecule has 1 N–H and O–H groups in total. The molecule has 1 heterocycles. The minimum absolute atomic E-state index is 0.0207. The summed E-state index contributed by atoms with van der Waals surface area (Å²) in [7, 11) is 1.63. The van der Waals surface area contributed by atoms with Gasteiger partial charge in [0.05, 0.1) is 43.5 Å². The molecule has 0 fully saturated rings. The standard InChI is InChI=1S/C23H29N3O2S/c1-6-25(7-2)14-15-26(22(27)18-9-11-19(28-5)12-10-18)23-24-21-17(4)16(3)8-13-20(21)29-23/h8-13H,6-7,14-15H2,1-5H3/p+1. The van der Waals surface area contributed by atoms with E-state index >= 15 is 0 Å². The molecule has 0 radical (unpaired) electrons. The first-order valence-corrected chi connectivity index (χ1v) is 11.0. The topological polar surface area (TPSA) is 46.9 Å². The van der Waals surface area contributed by atoms with Crippen molar-refractivity contribution in [1.29, 1.82) is 0 Å². The zero-order valence-electron chi connectivity index (χ0n) is 17.9. The third-order valence-electron chi connectivity index (χ3n) is 5.58. The lowest BCUT2D eigenvalue weighted by Gasteiger charge is -2.23. The number of carbonyl (C=O) groups excluding carboxylic acids is 1. The van der Waals surface area contributed by atoms with E-state index in [0.717, 1.165) is 40.7 Å². The predicted octanol–water partition coefficient (Wildman–Crippen LogP) is 3.49. The summed E-state index contributed by atoms with van der Waals surface area (Å²) in [5.74, 6) is 0.722. The number of carbonyl (C=O) groups is 1. The Morgan fingerprint density at radius 2 is 1.79 bits per heavy atom. The van der Waals surface area contributed by atoms with E-state index in [1.807, 2.05) is 29.2 Å². The summed E-state index contributed by atoms with van der Waals surface area (Å²) < 4.78 is 6.34. The number of thiazole rings is 1. The second-order valence-corrected chi connectivity index (χ2v) is 8.25. The van der Waals surface area contributed by atoms with Crippen LogP contribution >= 0.6 is 11.3 Å². The van der Waals surface area contributed by atoms with Crippen molar-refractivity contribution in [3.05, 3.63) is 53.1 Å². The molecule has 29 heavy (non-hydrogen) atoms. The van der Waals surface area contributed by atoms with E-state index in [0.29, 0.717) is 12.1 Å². The second kappa shape index (κ2) is 9.37. The number of methoxy groups -OCH3 is 1. The van der Waals surface area contributed by atoms with Crippen LogP contribution in [0.5, 0.6) is 5.75 Å². The molecule has 0 aliphatic carbocycles. The van der Waals surface area contributed by atoms with Gasteiger partial charge in [0.25, 0.3) is 5.91 Å². The zero-order valence-corrected chi connectivity index (χ0v) is 18.7. The van der Waals surface area contributed by atoms with Crippen molar-refractivity contribution in [2.45, 2.75) is 27.7 Å². The Kier molecular flexibility index (Phi) is 6.87. The lowest BCUT2D eigenvalue weighted by molar-refractivity contribution is -0.894. The van der Waals surface area contributed by atoms with Crippen LogP contribution in [0.25, 0.3) is 10.2 Å². The van der Waals surface area contributed by atoms with Crippen LogP contribution in [0.1, 0.15) is 35.3 Å². The van der Waals surface area contributed by atoms with Gasteiger partial charge in [0, 0.05) is 5.56 Å². The van der Waals surface area contributed by atoms with E-state index in [-0.39, 0.29) is 5.91 Å². The number of hydrogen-bond donors (Lipinski definition) is 1. The predicted molar refractivity (Wildman–Crippen MR) is 121 cm³/mol. The van der Waals surface area contributed by atoms with Gasteiger partial charge < -0.3 is 9.64 Å². The van der Waals surface area contributed by atoms with Gasteiger partial charge in [-0.05, 0) is 69.2 Å². The minimum atomic E-state index is -0.0207. The summed E-state index contributed by atoms with van der Waals surface area (Å²) >= 11 is 1.59. The largest absolute Gasteiger partial charge is 0.497 e. The zero-order chi connectivity index (χ0) is 21.0. The fraction of sp³-hybridized carbons (Fsp3) is 0.391. The molecule has 3 rings (SSSR count). The molecule has 0 saturated carbocycles. The van der Waals surface area contributed by atoms with Gasteiger partial charge in [-0.1, -0.05) is 17.4 Å². The summed E-state index contributed by atoms with van der Waals surface area (Å²) in [6.45, 7) is 12.2. The van der Waals surface area contributed by atoms with E-state index in [1.54, 1.807) is 18.4 Å². The highest BCUT2D eigenvalue weighted by Gasteiger charge is 2.23. The summed E-state index contributed by atoms with van der Waals surface area (Å²) in [6.07, 6.45) is 0. The monoisotopic (exact) mass is 412 g/mol. The number of amides is 1. The first-order valence-electron chi connectivity index (χ1n) is 10.1. The van der Waals surface area contributed by atoms with Crippen LogP contribution in [0.4, 0.5) is 5.13 Å². The third kappa shape index (κ3) is 4.60.